The smallest absolute Gasteiger partial charge is 0.254 e. The molecule has 2 N–H and O–H groups in total. The predicted octanol–water partition coefficient (Wildman–Crippen LogP) is 2.59. The third kappa shape index (κ3) is 3.11. The van der Waals surface area contributed by atoms with Crippen molar-refractivity contribution in [3.05, 3.63) is 29.4 Å². The number of hydrogen-bond donors (Lipinski definition) is 2. The van der Waals surface area contributed by atoms with Crippen molar-refractivity contribution in [2.24, 2.45) is 5.41 Å². The van der Waals surface area contributed by atoms with Crippen molar-refractivity contribution in [2.75, 3.05) is 19.8 Å². The molecule has 2 aromatic rings. The molecule has 124 valence electrons. The van der Waals surface area contributed by atoms with Crippen LogP contribution in [-0.4, -0.2) is 41.4 Å². The molecule has 1 amide bonds. The van der Waals surface area contributed by atoms with E-state index in [1.807, 2.05) is 25.3 Å². The monoisotopic (exact) mass is 334 g/mol. The van der Waals surface area contributed by atoms with Gasteiger partial charge in [-0.05, 0) is 24.3 Å². The molecule has 2 aromatic heterocycles. The second kappa shape index (κ2) is 6.19. The number of carbonyl (C=O) groups is 1. The zero-order valence-electron chi connectivity index (χ0n) is 13.5. The number of thiophene rings is 1. The van der Waals surface area contributed by atoms with Crippen LogP contribution in [0.25, 0.3) is 10.1 Å². The van der Waals surface area contributed by atoms with Crippen molar-refractivity contribution in [1.29, 1.82) is 0 Å². The third-order valence-electron chi connectivity index (χ3n) is 4.77. The number of carbonyl (C=O) groups excluding carboxylic acids is 1. The number of nitrogens with zero attached hydrogens (tertiary/aromatic N) is 1. The molecule has 1 aliphatic rings. The van der Waals surface area contributed by atoms with E-state index in [1.165, 1.54) is 11.3 Å². The quantitative estimate of drug-likeness (QED) is 0.901. The molecule has 1 aliphatic heterocycles. The zero-order valence-corrected chi connectivity index (χ0v) is 14.3. The fourth-order valence-corrected chi connectivity index (χ4v) is 3.81. The van der Waals surface area contributed by atoms with Gasteiger partial charge in [0.1, 0.15) is 0 Å². The maximum Gasteiger partial charge on any atom is 0.254 e. The van der Waals surface area contributed by atoms with Crippen molar-refractivity contribution in [1.82, 2.24) is 10.3 Å². The molecule has 1 atom stereocenters. The van der Waals surface area contributed by atoms with Crippen molar-refractivity contribution < 1.29 is 14.6 Å². The number of aromatic nitrogens is 1. The van der Waals surface area contributed by atoms with Crippen LogP contribution in [0.5, 0.6) is 0 Å². The third-order valence-corrected chi connectivity index (χ3v) is 5.74. The lowest BCUT2D eigenvalue weighted by atomic mass is 9.72. The van der Waals surface area contributed by atoms with E-state index in [-0.39, 0.29) is 5.91 Å². The number of aliphatic hydroxyl groups is 1. The summed E-state index contributed by atoms with van der Waals surface area (Å²) in [6.07, 6.45) is 4.89. The van der Waals surface area contributed by atoms with Gasteiger partial charge in [0.15, 0.2) is 0 Å². The Balaban J connectivity index is 1.72. The van der Waals surface area contributed by atoms with Crippen molar-refractivity contribution in [2.45, 2.75) is 32.3 Å². The molecule has 0 bridgehead atoms. The van der Waals surface area contributed by atoms with E-state index in [0.29, 0.717) is 31.7 Å². The Morgan fingerprint density at radius 3 is 3.09 bits per heavy atom. The van der Waals surface area contributed by atoms with Crippen molar-refractivity contribution in [3.8, 4) is 0 Å². The van der Waals surface area contributed by atoms with Crippen LogP contribution in [0.3, 0.4) is 0 Å². The van der Waals surface area contributed by atoms with Crippen LogP contribution in [0.1, 0.15) is 37.0 Å². The Bertz CT molecular complexity index is 705. The van der Waals surface area contributed by atoms with E-state index in [4.69, 9.17) is 4.74 Å². The number of fused-ring (bicyclic) bond motifs is 1. The molecule has 1 saturated heterocycles. The van der Waals surface area contributed by atoms with E-state index >= 15 is 0 Å². The highest BCUT2D eigenvalue weighted by atomic mass is 32.1. The molecular formula is C17H22N2O3S. The normalized spacial score (nSPS) is 22.2. The van der Waals surface area contributed by atoms with Crippen LogP contribution >= 0.6 is 11.3 Å². The summed E-state index contributed by atoms with van der Waals surface area (Å²) in [4.78, 5) is 16.7. The molecule has 5 nitrogen and oxygen atoms in total. The maximum absolute atomic E-state index is 12.5. The Morgan fingerprint density at radius 2 is 2.35 bits per heavy atom. The van der Waals surface area contributed by atoms with Crippen LogP contribution < -0.4 is 5.32 Å². The summed E-state index contributed by atoms with van der Waals surface area (Å²) in [6.45, 7) is 5.32. The van der Waals surface area contributed by atoms with E-state index in [1.54, 1.807) is 12.4 Å². The van der Waals surface area contributed by atoms with Gasteiger partial charge < -0.3 is 15.2 Å². The number of pyridine rings is 1. The van der Waals surface area contributed by atoms with Gasteiger partial charge in [-0.25, -0.2) is 0 Å². The lowest BCUT2D eigenvalue weighted by Gasteiger charge is -2.44. The first-order valence-electron chi connectivity index (χ1n) is 7.82. The molecule has 0 saturated carbocycles. The van der Waals surface area contributed by atoms with Crippen LogP contribution in [0.2, 0.25) is 0 Å². The summed E-state index contributed by atoms with van der Waals surface area (Å²) in [5.74, 6) is -0.154. The molecule has 0 radical (unpaired) electrons. The van der Waals surface area contributed by atoms with Gasteiger partial charge >= 0.3 is 0 Å². The molecule has 3 heterocycles. The van der Waals surface area contributed by atoms with Crippen LogP contribution in [0.4, 0.5) is 0 Å². The van der Waals surface area contributed by atoms with Crippen molar-refractivity contribution >= 4 is 27.3 Å². The first kappa shape index (κ1) is 16.4. The second-order valence-corrected chi connectivity index (χ2v) is 7.70. The Hall–Kier alpha value is -1.50. The van der Waals surface area contributed by atoms with E-state index in [2.05, 4.69) is 10.3 Å². The summed E-state index contributed by atoms with van der Waals surface area (Å²) in [6, 6.07) is 1.95. The number of nitrogens with one attached hydrogen (secondary N) is 1. The SMILES string of the molecule is CC(C)(CNC(=O)c1cncc2ccsc12)C1(O)CCCOC1. The van der Waals surface area contributed by atoms with E-state index in [0.717, 1.165) is 16.5 Å². The van der Waals surface area contributed by atoms with Gasteiger partial charge in [0.25, 0.3) is 5.91 Å². The molecule has 1 fully saturated rings. The van der Waals surface area contributed by atoms with Gasteiger partial charge in [-0.1, -0.05) is 13.8 Å². The zero-order chi connectivity index (χ0) is 16.5. The van der Waals surface area contributed by atoms with Gasteiger partial charge in [-0.2, -0.15) is 0 Å². The van der Waals surface area contributed by atoms with Gasteiger partial charge in [0.2, 0.25) is 0 Å². The molecule has 1 unspecified atom stereocenters. The highest BCUT2D eigenvalue weighted by Crippen LogP contribution is 2.37. The van der Waals surface area contributed by atoms with Gasteiger partial charge in [0.05, 0.1) is 22.5 Å². The predicted molar refractivity (Wildman–Crippen MR) is 90.7 cm³/mol. The second-order valence-electron chi connectivity index (χ2n) is 6.78. The highest BCUT2D eigenvalue weighted by molar-refractivity contribution is 7.17. The van der Waals surface area contributed by atoms with Crippen LogP contribution in [0.15, 0.2) is 23.8 Å². The Labute approximate surface area is 139 Å². The minimum Gasteiger partial charge on any atom is -0.387 e. The molecule has 23 heavy (non-hydrogen) atoms. The topological polar surface area (TPSA) is 71.5 Å². The molecular weight excluding hydrogens is 312 g/mol. The van der Waals surface area contributed by atoms with E-state index < -0.39 is 11.0 Å². The molecule has 6 heteroatoms. The summed E-state index contributed by atoms with van der Waals surface area (Å²) in [7, 11) is 0. The van der Waals surface area contributed by atoms with Crippen LogP contribution in [0, 0.1) is 5.41 Å². The molecule has 0 spiro atoms. The Kier molecular flexibility index (Phi) is 4.40. The number of ether oxygens (including phenoxy) is 1. The fraction of sp³-hybridized carbons (Fsp3) is 0.529. The first-order chi connectivity index (χ1) is 10.9. The number of amides is 1. The lowest BCUT2D eigenvalue weighted by molar-refractivity contribution is -0.148. The highest BCUT2D eigenvalue weighted by Gasteiger charge is 2.44. The minimum atomic E-state index is -0.911. The summed E-state index contributed by atoms with van der Waals surface area (Å²) in [5.41, 5.74) is -0.800. The molecule has 0 aromatic carbocycles. The molecule has 3 rings (SSSR count). The van der Waals surface area contributed by atoms with E-state index in [9.17, 15) is 9.90 Å². The fourth-order valence-electron chi connectivity index (χ4n) is 2.93. The maximum atomic E-state index is 12.5. The van der Waals surface area contributed by atoms with Crippen LogP contribution in [-0.2, 0) is 4.74 Å². The summed E-state index contributed by atoms with van der Waals surface area (Å²) in [5, 5.41) is 16.7. The van der Waals surface area contributed by atoms with Gasteiger partial charge in [0, 0.05) is 36.3 Å². The largest absolute Gasteiger partial charge is 0.387 e. The summed E-state index contributed by atoms with van der Waals surface area (Å²) < 4.78 is 6.38. The van der Waals surface area contributed by atoms with Gasteiger partial charge in [-0.15, -0.1) is 11.3 Å². The molecule has 0 aliphatic carbocycles. The minimum absolute atomic E-state index is 0.154. The number of hydrogen-bond acceptors (Lipinski definition) is 5. The van der Waals surface area contributed by atoms with Crippen molar-refractivity contribution in [3.63, 3.8) is 0 Å². The average molecular weight is 334 g/mol. The van der Waals surface area contributed by atoms with Gasteiger partial charge in [-0.3, -0.25) is 9.78 Å². The average Bonchev–Trinajstić information content (AvgIpc) is 3.01. The standard InChI is InChI=1S/C17H22N2O3S/c1-16(2,17(21)5-3-6-22-11-17)10-19-15(20)13-9-18-8-12-4-7-23-14(12)13/h4,7-9,21H,3,5-6,10-11H2,1-2H3,(H,19,20). The lowest BCUT2D eigenvalue weighted by Crippen LogP contribution is -2.55. The number of rotatable bonds is 4. The first-order valence-corrected chi connectivity index (χ1v) is 8.70. The summed E-state index contributed by atoms with van der Waals surface area (Å²) >= 11 is 1.53. The Morgan fingerprint density at radius 1 is 1.52 bits per heavy atom.